The number of alkyl carbamates (subject to hydrolysis) is 1. The third kappa shape index (κ3) is 11.0. The van der Waals surface area contributed by atoms with Gasteiger partial charge in [0.15, 0.2) is 15.7 Å². The summed E-state index contributed by atoms with van der Waals surface area (Å²) in [6, 6.07) is 9.43. The zero-order chi connectivity index (χ0) is 43.9. The van der Waals surface area contributed by atoms with Crippen molar-refractivity contribution in [3.8, 4) is 11.3 Å². The Balaban J connectivity index is 1.46. The number of nitrogens with one attached hydrogen (secondary N) is 1. The van der Waals surface area contributed by atoms with Gasteiger partial charge in [-0.2, -0.15) is 10.00 Å². The summed E-state index contributed by atoms with van der Waals surface area (Å²) >= 11 is 0. The van der Waals surface area contributed by atoms with Crippen LogP contribution in [0.15, 0.2) is 48.7 Å². The number of ether oxygens (including phenoxy) is 3. The average molecular weight is 852 g/mol. The number of imide groups is 1. The van der Waals surface area contributed by atoms with Gasteiger partial charge in [-0.1, -0.05) is 30.3 Å². The Hall–Kier alpha value is -5.12. The first-order valence-corrected chi connectivity index (χ1v) is 22.1. The van der Waals surface area contributed by atoms with Crippen molar-refractivity contribution in [3.63, 3.8) is 0 Å². The van der Waals surface area contributed by atoms with E-state index in [1.54, 1.807) is 68.5 Å². The monoisotopic (exact) mass is 851 g/mol. The molecule has 1 N–H and O–H groups in total. The molecule has 2 heterocycles. The molecule has 4 aromatic rings. The minimum atomic E-state index is -4.00. The van der Waals surface area contributed by atoms with Crippen LogP contribution in [0.1, 0.15) is 129 Å². The van der Waals surface area contributed by atoms with Crippen LogP contribution in [-0.2, 0) is 35.6 Å². The van der Waals surface area contributed by atoms with Crippen molar-refractivity contribution < 1.29 is 45.8 Å². The molecule has 0 aliphatic heterocycles. The molecule has 2 fully saturated rings. The lowest BCUT2D eigenvalue weighted by atomic mass is 9.81. The molecule has 0 spiro atoms. The van der Waals surface area contributed by atoms with E-state index in [4.69, 9.17) is 24.3 Å². The molecule has 16 heteroatoms. The third-order valence-corrected chi connectivity index (χ3v) is 11.4. The molecule has 0 saturated heterocycles. The second-order valence-corrected chi connectivity index (χ2v) is 20.8. The number of fused-ring (bicyclic) bond motifs is 1. The number of anilines is 1. The van der Waals surface area contributed by atoms with Crippen molar-refractivity contribution in [2.45, 2.75) is 147 Å². The maximum atomic E-state index is 16.2. The number of carbonyl (C=O) groups excluding carboxylic acids is 3. The molecule has 3 amide bonds. The van der Waals surface area contributed by atoms with E-state index in [0.717, 1.165) is 23.3 Å². The number of nitrogens with zero attached hydrogens (tertiary/aromatic N) is 4. The minimum Gasteiger partial charge on any atom is -0.444 e. The van der Waals surface area contributed by atoms with Gasteiger partial charge in [0.05, 0.1) is 28.5 Å². The maximum Gasteiger partial charge on any atom is 0.425 e. The van der Waals surface area contributed by atoms with Crippen LogP contribution in [0.25, 0.3) is 22.2 Å². The average Bonchev–Trinajstić information content (AvgIpc) is 3.87. The summed E-state index contributed by atoms with van der Waals surface area (Å²) in [5.74, 6) is -3.00. The number of carbonyl (C=O) groups is 3. The summed E-state index contributed by atoms with van der Waals surface area (Å²) in [7, 11) is -4.00. The number of benzene rings is 2. The summed E-state index contributed by atoms with van der Waals surface area (Å²) in [6.07, 6.45) is 3.28. The van der Waals surface area contributed by atoms with E-state index in [0.29, 0.717) is 31.2 Å². The van der Waals surface area contributed by atoms with Gasteiger partial charge in [-0.15, -0.1) is 0 Å². The Bertz CT molecular complexity index is 2360. The van der Waals surface area contributed by atoms with E-state index in [-0.39, 0.29) is 51.6 Å². The number of sulfone groups is 1. The Labute approximate surface area is 350 Å². The first kappa shape index (κ1) is 44.4. The normalized spacial score (nSPS) is 17.6. The molecule has 2 aromatic heterocycles. The van der Waals surface area contributed by atoms with Gasteiger partial charge in [0.1, 0.15) is 34.1 Å². The lowest BCUT2D eigenvalue weighted by molar-refractivity contribution is 0.0425. The highest BCUT2D eigenvalue weighted by Gasteiger charge is 2.39. The number of aromatic nitrogens is 3. The molecule has 2 aliphatic rings. The predicted molar refractivity (Wildman–Crippen MR) is 223 cm³/mol. The standard InChI is InChI=1S/C44H55F2N5O8S/c1-42(2,3)57-39(52)48-30-18-16-26(17-19-30)32-23-47-38(50(40(53)58-43(4,5)6)41(54)59-44(7,8)9)35-36(49-51(37(32)35)31-20-21-31)27-14-15-29(34(46)22-27)25-60(55,56)24-28-12-10-11-13-33(28)45/h10-15,22-23,26,30-31H,16-21,24-25H2,1-9H3,(H,48,52). The quantitative estimate of drug-likeness (QED) is 0.161. The number of halogens is 2. The van der Waals surface area contributed by atoms with E-state index in [2.05, 4.69) is 5.32 Å². The van der Waals surface area contributed by atoms with Crippen molar-refractivity contribution in [2.75, 3.05) is 4.90 Å². The molecular formula is C44H55F2N5O8S. The van der Waals surface area contributed by atoms with Gasteiger partial charge in [0.2, 0.25) is 0 Å². The number of amides is 3. The van der Waals surface area contributed by atoms with Crippen LogP contribution in [0, 0.1) is 11.6 Å². The number of rotatable bonds is 9. The van der Waals surface area contributed by atoms with Gasteiger partial charge >= 0.3 is 18.3 Å². The van der Waals surface area contributed by atoms with Crippen LogP contribution in [0.3, 0.4) is 0 Å². The number of pyridine rings is 1. The molecule has 2 aromatic carbocycles. The fourth-order valence-corrected chi connectivity index (χ4v) is 8.79. The fourth-order valence-electron chi connectivity index (χ4n) is 7.27. The summed E-state index contributed by atoms with van der Waals surface area (Å²) in [5.41, 5.74) is -0.963. The largest absolute Gasteiger partial charge is 0.444 e. The second kappa shape index (κ2) is 16.7. The SMILES string of the molecule is CC(C)(C)OC(=O)NC1CCC(c2cnc(N(C(=O)OC(C)(C)C)C(=O)OC(C)(C)C)c3c(-c4ccc(CS(=O)(=O)Cc5ccccc5F)c(F)c4)nn(C4CC4)c23)CC1. The Morgan fingerprint density at radius 2 is 1.35 bits per heavy atom. The summed E-state index contributed by atoms with van der Waals surface area (Å²) in [6.45, 7) is 15.4. The Morgan fingerprint density at radius 3 is 1.88 bits per heavy atom. The van der Waals surface area contributed by atoms with Gasteiger partial charge in [0, 0.05) is 28.9 Å². The first-order valence-electron chi connectivity index (χ1n) is 20.3. The summed E-state index contributed by atoms with van der Waals surface area (Å²) in [5, 5.41) is 8.30. The lowest BCUT2D eigenvalue weighted by Crippen LogP contribution is -2.44. The minimum absolute atomic E-state index is 0.0187. The molecule has 0 bridgehead atoms. The number of hydrogen-bond donors (Lipinski definition) is 1. The highest BCUT2D eigenvalue weighted by Crippen LogP contribution is 2.47. The van der Waals surface area contributed by atoms with Crippen LogP contribution >= 0.6 is 0 Å². The van der Waals surface area contributed by atoms with Gasteiger partial charge < -0.3 is 19.5 Å². The van der Waals surface area contributed by atoms with E-state index < -0.39 is 68.1 Å². The van der Waals surface area contributed by atoms with Crippen LogP contribution in [0.5, 0.6) is 0 Å². The smallest absolute Gasteiger partial charge is 0.425 e. The van der Waals surface area contributed by atoms with Crippen LogP contribution in [0.2, 0.25) is 0 Å². The molecule has 0 unspecified atom stereocenters. The first-order chi connectivity index (χ1) is 27.9. The summed E-state index contributed by atoms with van der Waals surface area (Å²) in [4.78, 5) is 46.2. The lowest BCUT2D eigenvalue weighted by Gasteiger charge is -2.31. The molecule has 2 saturated carbocycles. The predicted octanol–water partition coefficient (Wildman–Crippen LogP) is 10.1. The van der Waals surface area contributed by atoms with Gasteiger partial charge in [-0.05, 0) is 124 Å². The van der Waals surface area contributed by atoms with E-state index >= 15 is 4.39 Å². The van der Waals surface area contributed by atoms with Crippen LogP contribution in [0.4, 0.5) is 29.0 Å². The van der Waals surface area contributed by atoms with Crippen LogP contribution in [-0.4, -0.2) is 64.3 Å². The van der Waals surface area contributed by atoms with Crippen molar-refractivity contribution in [1.29, 1.82) is 0 Å². The molecular weight excluding hydrogens is 797 g/mol. The van der Waals surface area contributed by atoms with Gasteiger partial charge in [0.25, 0.3) is 0 Å². The Kier molecular flexibility index (Phi) is 12.4. The highest BCUT2D eigenvalue weighted by molar-refractivity contribution is 7.89. The Morgan fingerprint density at radius 1 is 0.783 bits per heavy atom. The molecule has 2 aliphatic carbocycles. The maximum absolute atomic E-state index is 16.2. The fraction of sp³-hybridized carbons (Fsp3) is 0.523. The topological polar surface area (TPSA) is 159 Å². The van der Waals surface area contributed by atoms with Crippen molar-refractivity contribution >= 4 is 44.8 Å². The molecule has 0 atom stereocenters. The molecule has 0 radical (unpaired) electrons. The van der Waals surface area contributed by atoms with E-state index in [1.165, 1.54) is 42.5 Å². The third-order valence-electron chi connectivity index (χ3n) is 9.91. The highest BCUT2D eigenvalue weighted by atomic mass is 32.2. The number of hydrogen-bond acceptors (Lipinski definition) is 10. The van der Waals surface area contributed by atoms with Crippen molar-refractivity contribution in [1.82, 2.24) is 20.1 Å². The van der Waals surface area contributed by atoms with E-state index in [1.807, 2.05) is 4.68 Å². The van der Waals surface area contributed by atoms with E-state index in [9.17, 15) is 27.2 Å². The second-order valence-electron chi connectivity index (χ2n) is 18.7. The zero-order valence-electron chi connectivity index (χ0n) is 35.7. The summed E-state index contributed by atoms with van der Waals surface area (Å²) < 4.78 is 75.6. The molecule has 60 heavy (non-hydrogen) atoms. The van der Waals surface area contributed by atoms with Crippen molar-refractivity contribution in [3.05, 3.63) is 77.0 Å². The molecule has 13 nitrogen and oxygen atoms in total. The van der Waals surface area contributed by atoms with Gasteiger partial charge in [-0.3, -0.25) is 4.68 Å². The van der Waals surface area contributed by atoms with Gasteiger partial charge in [-0.25, -0.2) is 36.6 Å². The molecule has 324 valence electrons. The zero-order valence-corrected chi connectivity index (χ0v) is 36.5. The molecule has 6 rings (SSSR count). The van der Waals surface area contributed by atoms with Crippen LogP contribution < -0.4 is 10.2 Å². The van der Waals surface area contributed by atoms with Crippen molar-refractivity contribution in [2.24, 2.45) is 0 Å².